The van der Waals surface area contributed by atoms with Crippen LogP contribution in [-0.4, -0.2) is 9.55 Å². The van der Waals surface area contributed by atoms with E-state index in [1.165, 1.54) is 53.1 Å². The molecule has 5 aromatic heterocycles. The van der Waals surface area contributed by atoms with Gasteiger partial charge >= 0.3 is 0 Å². The van der Waals surface area contributed by atoms with E-state index in [0.717, 1.165) is 71.8 Å². The number of furan rings is 2. The Morgan fingerprint density at radius 2 is 0.897 bits per heavy atom. The maximum absolute atomic E-state index is 6.39. The van der Waals surface area contributed by atoms with Gasteiger partial charge in [-0.15, -0.1) is 11.3 Å². The zero-order valence-electron chi connectivity index (χ0n) is 30.9. The molecule has 0 aliphatic heterocycles. The van der Waals surface area contributed by atoms with Crippen LogP contribution in [0.15, 0.2) is 191 Å². The minimum absolute atomic E-state index is 0.863. The van der Waals surface area contributed by atoms with E-state index >= 15 is 0 Å². The third-order valence-electron chi connectivity index (χ3n) is 11.9. The van der Waals surface area contributed by atoms with E-state index in [-0.39, 0.29) is 0 Å². The first-order chi connectivity index (χ1) is 28.7. The molecule has 8 aromatic carbocycles. The van der Waals surface area contributed by atoms with Crippen molar-refractivity contribution in [3.05, 3.63) is 182 Å². The van der Waals surface area contributed by atoms with E-state index < -0.39 is 0 Å². The summed E-state index contributed by atoms with van der Waals surface area (Å²) in [4.78, 5) is 4.75. The summed E-state index contributed by atoms with van der Waals surface area (Å²) in [7, 11) is 0. The highest BCUT2D eigenvalue weighted by Gasteiger charge is 2.17. The Hall–Kier alpha value is -7.47. The molecule has 0 saturated carbocycles. The lowest BCUT2D eigenvalue weighted by Crippen LogP contribution is -1.93. The van der Waals surface area contributed by atoms with Gasteiger partial charge in [-0.2, -0.15) is 0 Å². The first kappa shape index (κ1) is 31.7. The van der Waals surface area contributed by atoms with E-state index in [4.69, 9.17) is 13.8 Å². The van der Waals surface area contributed by atoms with E-state index in [0.29, 0.717) is 0 Å². The molecule has 4 nitrogen and oxygen atoms in total. The monoisotopic (exact) mass is 758 g/mol. The molecule has 0 aliphatic rings. The molecule has 0 radical (unpaired) electrons. The molecule has 0 N–H and O–H groups in total. The molecule has 13 rings (SSSR count). The van der Waals surface area contributed by atoms with Crippen LogP contribution >= 0.6 is 11.3 Å². The highest BCUT2D eigenvalue weighted by molar-refractivity contribution is 7.26. The highest BCUT2D eigenvalue weighted by Crippen LogP contribution is 2.42. The van der Waals surface area contributed by atoms with Crippen molar-refractivity contribution >= 4 is 97.2 Å². The third kappa shape index (κ3) is 4.65. The van der Waals surface area contributed by atoms with Crippen LogP contribution in [0.25, 0.3) is 125 Å². The summed E-state index contributed by atoms with van der Waals surface area (Å²) >= 11 is 1.86. The quantitative estimate of drug-likeness (QED) is 0.180. The molecular formula is C53H30N2O2S. The van der Waals surface area contributed by atoms with Gasteiger partial charge in [0, 0.05) is 81.7 Å². The first-order valence-electron chi connectivity index (χ1n) is 19.5. The number of aromatic nitrogens is 2. The zero-order valence-corrected chi connectivity index (χ0v) is 31.8. The molecule has 58 heavy (non-hydrogen) atoms. The first-order valence-corrected chi connectivity index (χ1v) is 20.3. The lowest BCUT2D eigenvalue weighted by Gasteiger charge is -2.08. The molecule has 5 heteroatoms. The maximum atomic E-state index is 6.39. The van der Waals surface area contributed by atoms with Crippen molar-refractivity contribution in [2.45, 2.75) is 0 Å². The molecule has 0 unspecified atom stereocenters. The summed E-state index contributed by atoms with van der Waals surface area (Å²) in [5.74, 6) is 0. The Morgan fingerprint density at radius 3 is 1.55 bits per heavy atom. The van der Waals surface area contributed by atoms with Gasteiger partial charge in [0.05, 0.1) is 11.0 Å². The molecule has 270 valence electrons. The van der Waals surface area contributed by atoms with Crippen molar-refractivity contribution in [3.63, 3.8) is 0 Å². The van der Waals surface area contributed by atoms with Gasteiger partial charge in [0.25, 0.3) is 0 Å². The van der Waals surface area contributed by atoms with Gasteiger partial charge in [0.2, 0.25) is 0 Å². The molecule has 5 heterocycles. The predicted molar refractivity (Wildman–Crippen MR) is 242 cm³/mol. The van der Waals surface area contributed by atoms with Gasteiger partial charge in [-0.05, 0) is 101 Å². The number of hydrogen-bond donors (Lipinski definition) is 0. The van der Waals surface area contributed by atoms with Crippen LogP contribution in [0.5, 0.6) is 0 Å². The molecule has 0 saturated heterocycles. The predicted octanol–water partition coefficient (Wildman–Crippen LogP) is 15.3. The summed E-state index contributed by atoms with van der Waals surface area (Å²) in [6, 6.07) is 60.8. The van der Waals surface area contributed by atoms with Crippen LogP contribution in [-0.2, 0) is 0 Å². The fraction of sp³-hybridized carbons (Fsp3) is 0. The minimum atomic E-state index is 0.863. The Kier molecular flexibility index (Phi) is 6.57. The standard InChI is InChI=1S/C53H30N2O2S/c1-4-13-46-38(8-1)39-9-2-5-14-47(39)55(46)36-19-23-51-45(28-36)43-26-32(17-21-49(43)57-51)35-24-34(29-54-30-35)31-16-20-48-42(25-31)44-27-33(18-22-50(44)56-48)37-11-7-12-41-40-10-3-6-15-52(40)58-53(37)41/h1-30H. The van der Waals surface area contributed by atoms with Crippen LogP contribution in [0.2, 0.25) is 0 Å². The van der Waals surface area contributed by atoms with Gasteiger partial charge in [0.15, 0.2) is 0 Å². The van der Waals surface area contributed by atoms with Gasteiger partial charge in [-0.1, -0.05) is 91.0 Å². The zero-order chi connectivity index (χ0) is 37.9. The average molecular weight is 759 g/mol. The number of fused-ring (bicyclic) bond motifs is 12. The van der Waals surface area contributed by atoms with Crippen LogP contribution in [0.3, 0.4) is 0 Å². The maximum Gasteiger partial charge on any atom is 0.135 e. The highest BCUT2D eigenvalue weighted by atomic mass is 32.1. The van der Waals surface area contributed by atoms with E-state index in [1.807, 2.05) is 23.7 Å². The Morgan fingerprint density at radius 1 is 0.379 bits per heavy atom. The molecule has 0 fully saturated rings. The Labute approximate surface area is 335 Å². The summed E-state index contributed by atoms with van der Waals surface area (Å²) in [6.07, 6.45) is 3.90. The Bertz CT molecular complexity index is 3770. The van der Waals surface area contributed by atoms with Crippen molar-refractivity contribution in [2.75, 3.05) is 0 Å². The molecule has 0 amide bonds. The molecule has 0 spiro atoms. The van der Waals surface area contributed by atoms with Gasteiger partial charge in [-0.3, -0.25) is 4.98 Å². The normalized spacial score (nSPS) is 12.1. The molecule has 13 aromatic rings. The second-order valence-corrected chi connectivity index (χ2v) is 16.2. The summed E-state index contributed by atoms with van der Waals surface area (Å²) < 4.78 is 17.7. The van der Waals surface area contributed by atoms with Gasteiger partial charge in [0.1, 0.15) is 22.3 Å². The number of benzene rings is 8. The number of thiophene rings is 1. The number of nitrogens with zero attached hydrogens (tertiary/aromatic N) is 2. The molecule has 0 bridgehead atoms. The summed E-state index contributed by atoms with van der Waals surface area (Å²) in [5, 5.41) is 9.46. The SMILES string of the molecule is c1ccc2c(c1)sc1c(-c3ccc4oc5ccc(-c6cncc(-c7ccc8oc9ccc(-n%10c%11ccccc%11c%11ccccc%11%10)cc9c8c7)c6)cc5c4c3)cccc12. The van der Waals surface area contributed by atoms with Crippen molar-refractivity contribution in [2.24, 2.45) is 0 Å². The van der Waals surface area contributed by atoms with Crippen molar-refractivity contribution in [1.29, 1.82) is 0 Å². The number of hydrogen-bond acceptors (Lipinski definition) is 4. The summed E-state index contributed by atoms with van der Waals surface area (Å²) in [6.45, 7) is 0. The lowest BCUT2D eigenvalue weighted by atomic mass is 9.98. The van der Waals surface area contributed by atoms with E-state index in [9.17, 15) is 0 Å². The number of para-hydroxylation sites is 2. The molecular weight excluding hydrogens is 729 g/mol. The van der Waals surface area contributed by atoms with Crippen molar-refractivity contribution < 1.29 is 8.83 Å². The Balaban J connectivity index is 0.898. The molecule has 0 atom stereocenters. The van der Waals surface area contributed by atoms with Gasteiger partial charge < -0.3 is 13.4 Å². The third-order valence-corrected chi connectivity index (χ3v) is 13.1. The number of pyridine rings is 1. The fourth-order valence-corrected chi connectivity index (χ4v) is 10.4. The second-order valence-electron chi connectivity index (χ2n) is 15.1. The van der Waals surface area contributed by atoms with Gasteiger partial charge in [-0.25, -0.2) is 0 Å². The van der Waals surface area contributed by atoms with Crippen LogP contribution < -0.4 is 0 Å². The largest absolute Gasteiger partial charge is 0.456 e. The van der Waals surface area contributed by atoms with Crippen LogP contribution in [0, 0.1) is 0 Å². The van der Waals surface area contributed by atoms with Crippen molar-refractivity contribution in [1.82, 2.24) is 9.55 Å². The smallest absolute Gasteiger partial charge is 0.135 e. The average Bonchev–Trinajstić information content (AvgIpc) is 4.04. The van der Waals surface area contributed by atoms with E-state index in [2.05, 4.69) is 174 Å². The second kappa shape index (κ2) is 12.0. The van der Waals surface area contributed by atoms with Crippen LogP contribution in [0.1, 0.15) is 0 Å². The minimum Gasteiger partial charge on any atom is -0.456 e. The van der Waals surface area contributed by atoms with Crippen molar-refractivity contribution in [3.8, 4) is 39.1 Å². The lowest BCUT2D eigenvalue weighted by molar-refractivity contribution is 0.668. The topological polar surface area (TPSA) is 44.1 Å². The van der Waals surface area contributed by atoms with E-state index in [1.54, 1.807) is 0 Å². The number of rotatable bonds is 4. The molecule has 0 aliphatic carbocycles. The fourth-order valence-electron chi connectivity index (χ4n) is 9.14. The van der Waals surface area contributed by atoms with Crippen LogP contribution in [0.4, 0.5) is 0 Å². The summed E-state index contributed by atoms with van der Waals surface area (Å²) in [5.41, 5.74) is 13.7.